The smallest absolute Gasteiger partial charge is 0.244 e. The summed E-state index contributed by atoms with van der Waals surface area (Å²) in [6.07, 6.45) is 3.17. The zero-order chi connectivity index (χ0) is 20.8. The molecule has 0 radical (unpaired) electrons. The van der Waals surface area contributed by atoms with Crippen LogP contribution in [-0.2, 0) is 17.1 Å². The third-order valence-electron chi connectivity index (χ3n) is 3.97. The molecule has 0 unspecified atom stereocenters. The first kappa shape index (κ1) is 20.5. The van der Waals surface area contributed by atoms with Crippen LogP contribution in [0.2, 0.25) is 0 Å². The number of halogens is 1. The number of thioether (sulfide) groups is 1. The van der Waals surface area contributed by atoms with Gasteiger partial charge in [0.05, 0.1) is 13.3 Å². The summed E-state index contributed by atoms with van der Waals surface area (Å²) in [6, 6.07) is 8.72. The Hall–Kier alpha value is -3.20. The highest BCUT2D eigenvalue weighted by atomic mass is 32.2. The van der Waals surface area contributed by atoms with E-state index in [9.17, 15) is 14.0 Å². The molecule has 0 fully saturated rings. The Morgan fingerprint density at radius 1 is 1.28 bits per heavy atom. The summed E-state index contributed by atoms with van der Waals surface area (Å²) >= 11 is 1.36. The second kappa shape index (κ2) is 9.33. The van der Waals surface area contributed by atoms with Crippen molar-refractivity contribution in [3.8, 4) is 5.75 Å². The average Bonchev–Trinajstić information content (AvgIpc) is 2.69. The van der Waals surface area contributed by atoms with Gasteiger partial charge in [-0.05, 0) is 37.3 Å². The molecule has 0 aliphatic heterocycles. The topological polar surface area (TPSA) is 86.1 Å². The Labute approximate surface area is 171 Å². The third kappa shape index (κ3) is 5.64. The van der Waals surface area contributed by atoms with Gasteiger partial charge in [0.1, 0.15) is 12.4 Å². The van der Waals surface area contributed by atoms with Gasteiger partial charge in [-0.2, -0.15) is 0 Å². The molecule has 2 heterocycles. The standard InChI is InChI=1S/C20H19FN4O3S/c1-13-7-8-22-20(23-13)29-12-16-9-17(26)18(28-2)10-25(16)11-19(27)24-15-5-3-14(21)4-6-15/h3-10H,11-12H2,1-2H3,(H,24,27). The summed E-state index contributed by atoms with van der Waals surface area (Å²) in [7, 11) is 1.40. The molecule has 0 aliphatic rings. The van der Waals surface area contributed by atoms with Crippen molar-refractivity contribution in [1.29, 1.82) is 0 Å². The van der Waals surface area contributed by atoms with Crippen molar-refractivity contribution in [2.24, 2.45) is 0 Å². The molecule has 7 nitrogen and oxygen atoms in total. The van der Waals surface area contributed by atoms with E-state index in [-0.39, 0.29) is 29.4 Å². The number of ether oxygens (including phenoxy) is 1. The van der Waals surface area contributed by atoms with Crippen molar-refractivity contribution in [3.05, 3.63) is 76.2 Å². The maximum absolute atomic E-state index is 13.0. The van der Waals surface area contributed by atoms with Gasteiger partial charge in [-0.25, -0.2) is 14.4 Å². The minimum absolute atomic E-state index is 0.0431. The predicted octanol–water partition coefficient (Wildman–Crippen LogP) is 3.03. The Balaban J connectivity index is 1.78. The van der Waals surface area contributed by atoms with Crippen molar-refractivity contribution in [2.75, 3.05) is 12.4 Å². The second-order valence-corrected chi connectivity index (χ2v) is 7.09. The Bertz CT molecular complexity index is 1070. The number of methoxy groups -OCH3 is 1. The molecule has 0 spiro atoms. The molecule has 1 N–H and O–H groups in total. The summed E-state index contributed by atoms with van der Waals surface area (Å²) in [5, 5.41) is 3.28. The Kier molecular flexibility index (Phi) is 6.61. The zero-order valence-corrected chi connectivity index (χ0v) is 16.7. The largest absolute Gasteiger partial charge is 0.491 e. The molecule has 9 heteroatoms. The van der Waals surface area contributed by atoms with E-state index in [4.69, 9.17) is 4.74 Å². The predicted molar refractivity (Wildman–Crippen MR) is 109 cm³/mol. The number of aromatic nitrogens is 3. The van der Waals surface area contributed by atoms with Crippen LogP contribution in [0.1, 0.15) is 11.4 Å². The van der Waals surface area contributed by atoms with Gasteiger partial charge in [-0.1, -0.05) is 11.8 Å². The van der Waals surface area contributed by atoms with Gasteiger partial charge in [-0.3, -0.25) is 9.59 Å². The molecule has 3 aromatic rings. The summed E-state index contributed by atoms with van der Waals surface area (Å²) in [5.74, 6) is -0.168. The molecule has 0 bridgehead atoms. The first-order chi connectivity index (χ1) is 13.9. The summed E-state index contributed by atoms with van der Waals surface area (Å²) in [6.45, 7) is 1.83. The van der Waals surface area contributed by atoms with Crippen LogP contribution in [0.3, 0.4) is 0 Å². The Morgan fingerprint density at radius 2 is 2.03 bits per heavy atom. The van der Waals surface area contributed by atoms with Gasteiger partial charge in [0, 0.05) is 35.1 Å². The number of carbonyl (C=O) groups is 1. The van der Waals surface area contributed by atoms with E-state index in [0.29, 0.717) is 22.3 Å². The third-order valence-corrected chi connectivity index (χ3v) is 4.86. The highest BCUT2D eigenvalue weighted by Crippen LogP contribution is 2.20. The van der Waals surface area contributed by atoms with Gasteiger partial charge in [-0.15, -0.1) is 0 Å². The van der Waals surface area contributed by atoms with E-state index in [2.05, 4.69) is 15.3 Å². The molecule has 3 rings (SSSR count). The molecular weight excluding hydrogens is 395 g/mol. The molecule has 150 valence electrons. The fourth-order valence-electron chi connectivity index (χ4n) is 2.54. The van der Waals surface area contributed by atoms with E-state index in [0.717, 1.165) is 5.69 Å². The second-order valence-electron chi connectivity index (χ2n) is 6.15. The van der Waals surface area contributed by atoms with E-state index >= 15 is 0 Å². The van der Waals surface area contributed by atoms with Crippen LogP contribution >= 0.6 is 11.8 Å². The molecule has 29 heavy (non-hydrogen) atoms. The molecule has 0 saturated heterocycles. The minimum atomic E-state index is -0.383. The van der Waals surface area contributed by atoms with Crippen molar-refractivity contribution >= 4 is 23.4 Å². The number of hydrogen-bond acceptors (Lipinski definition) is 6. The summed E-state index contributed by atoms with van der Waals surface area (Å²) in [4.78, 5) is 33.2. The average molecular weight is 414 g/mol. The van der Waals surface area contributed by atoms with Crippen LogP contribution in [0.5, 0.6) is 5.75 Å². The zero-order valence-electron chi connectivity index (χ0n) is 15.9. The van der Waals surface area contributed by atoms with E-state index in [1.54, 1.807) is 16.8 Å². The van der Waals surface area contributed by atoms with Gasteiger partial charge in [0.15, 0.2) is 10.9 Å². The summed E-state index contributed by atoms with van der Waals surface area (Å²) in [5.41, 5.74) is 1.67. The van der Waals surface area contributed by atoms with Crippen LogP contribution in [0.4, 0.5) is 10.1 Å². The number of hydrogen-bond donors (Lipinski definition) is 1. The van der Waals surface area contributed by atoms with Gasteiger partial charge in [0.2, 0.25) is 11.3 Å². The number of nitrogens with one attached hydrogen (secondary N) is 1. The van der Waals surface area contributed by atoms with Crippen molar-refractivity contribution in [3.63, 3.8) is 0 Å². The first-order valence-corrected chi connectivity index (χ1v) is 9.68. The number of anilines is 1. The highest BCUT2D eigenvalue weighted by Gasteiger charge is 2.12. The van der Waals surface area contributed by atoms with Gasteiger partial charge in [0.25, 0.3) is 0 Å². The quantitative estimate of drug-likeness (QED) is 0.472. The van der Waals surface area contributed by atoms with Crippen molar-refractivity contribution in [1.82, 2.24) is 14.5 Å². The van der Waals surface area contributed by atoms with Crippen LogP contribution in [0.25, 0.3) is 0 Å². The Morgan fingerprint density at radius 3 is 2.72 bits per heavy atom. The summed E-state index contributed by atoms with van der Waals surface area (Å²) < 4.78 is 19.8. The molecule has 0 atom stereocenters. The number of benzene rings is 1. The minimum Gasteiger partial charge on any atom is -0.491 e. The van der Waals surface area contributed by atoms with Crippen molar-refractivity contribution < 1.29 is 13.9 Å². The van der Waals surface area contributed by atoms with Crippen molar-refractivity contribution in [2.45, 2.75) is 24.4 Å². The van der Waals surface area contributed by atoms with Crippen LogP contribution < -0.4 is 15.5 Å². The number of rotatable bonds is 7. The molecule has 1 amide bonds. The fraction of sp³-hybridized carbons (Fsp3) is 0.200. The lowest BCUT2D eigenvalue weighted by Crippen LogP contribution is -2.22. The van der Waals surface area contributed by atoms with E-state index in [1.807, 2.05) is 6.92 Å². The van der Waals surface area contributed by atoms with Gasteiger partial charge >= 0.3 is 0 Å². The molecule has 2 aromatic heterocycles. The molecular formula is C20H19FN4O3S. The normalized spacial score (nSPS) is 10.6. The SMILES string of the molecule is COc1cn(CC(=O)Nc2ccc(F)cc2)c(CSc2nccc(C)n2)cc1=O. The highest BCUT2D eigenvalue weighted by molar-refractivity contribution is 7.98. The van der Waals surface area contributed by atoms with E-state index in [1.165, 1.54) is 55.4 Å². The molecule has 0 aliphatic carbocycles. The van der Waals surface area contributed by atoms with E-state index < -0.39 is 0 Å². The lowest BCUT2D eigenvalue weighted by Gasteiger charge is -2.14. The number of amides is 1. The van der Waals surface area contributed by atoms with Crippen LogP contribution in [0, 0.1) is 12.7 Å². The van der Waals surface area contributed by atoms with Crippen LogP contribution in [-0.4, -0.2) is 27.6 Å². The monoisotopic (exact) mass is 414 g/mol. The maximum atomic E-state index is 13.0. The fourth-order valence-corrected chi connectivity index (χ4v) is 3.41. The van der Waals surface area contributed by atoms with Gasteiger partial charge < -0.3 is 14.6 Å². The lowest BCUT2D eigenvalue weighted by molar-refractivity contribution is -0.116. The number of nitrogens with zero attached hydrogens (tertiary/aromatic N) is 3. The number of aryl methyl sites for hydroxylation is 1. The first-order valence-electron chi connectivity index (χ1n) is 8.70. The number of pyridine rings is 1. The number of carbonyl (C=O) groups excluding carboxylic acids is 1. The maximum Gasteiger partial charge on any atom is 0.244 e. The lowest BCUT2D eigenvalue weighted by atomic mass is 10.3. The van der Waals surface area contributed by atoms with Crippen LogP contribution in [0.15, 0.2) is 58.7 Å². The molecule has 1 aromatic carbocycles. The molecule has 0 saturated carbocycles.